The summed E-state index contributed by atoms with van der Waals surface area (Å²) in [5.41, 5.74) is 0. The number of carbonyl (C=O) groups is 1. The summed E-state index contributed by atoms with van der Waals surface area (Å²) < 4.78 is 0. The van der Waals surface area contributed by atoms with E-state index in [1.807, 2.05) is 0 Å². The summed E-state index contributed by atoms with van der Waals surface area (Å²) in [6.07, 6.45) is 14.3. The highest BCUT2D eigenvalue weighted by Crippen LogP contribution is 2.19. The van der Waals surface area contributed by atoms with Crippen molar-refractivity contribution in [3.05, 3.63) is 0 Å². The number of unbranched alkanes of at least 4 members (excludes halogenated alkanes) is 7. The van der Waals surface area contributed by atoms with Crippen molar-refractivity contribution < 1.29 is 4.79 Å². The molecule has 0 aromatic rings. The number of carbonyl (C=O) groups excluding carboxylic acids is 1. The van der Waals surface area contributed by atoms with E-state index in [0.717, 1.165) is 19.3 Å². The Morgan fingerprint density at radius 1 is 1.06 bits per heavy atom. The van der Waals surface area contributed by atoms with Gasteiger partial charge in [0, 0.05) is 12.0 Å². The summed E-state index contributed by atoms with van der Waals surface area (Å²) >= 11 is 0. The molecule has 1 aliphatic rings. The molecular formula is C15H29NO. The second-order valence-electron chi connectivity index (χ2n) is 5.41. The number of hydrogen-bond donors (Lipinski definition) is 1. The SMILES string of the molecule is CCCCCCCCCCC1NCCC1C=O. The first kappa shape index (κ1) is 14.7. The third-order valence-corrected chi connectivity index (χ3v) is 3.94. The summed E-state index contributed by atoms with van der Waals surface area (Å²) in [7, 11) is 0. The molecule has 2 nitrogen and oxygen atoms in total. The Morgan fingerprint density at radius 2 is 1.71 bits per heavy atom. The third kappa shape index (κ3) is 6.21. The molecule has 0 aromatic heterocycles. The van der Waals surface area contributed by atoms with Gasteiger partial charge in [0.1, 0.15) is 6.29 Å². The average Bonchev–Trinajstić information content (AvgIpc) is 2.80. The van der Waals surface area contributed by atoms with Crippen molar-refractivity contribution in [1.82, 2.24) is 5.32 Å². The van der Waals surface area contributed by atoms with E-state index in [4.69, 9.17) is 0 Å². The molecule has 2 atom stereocenters. The standard InChI is InChI=1S/C15H29NO/c1-2-3-4-5-6-7-8-9-10-15-14(13-17)11-12-16-15/h13-16H,2-12H2,1H3. The van der Waals surface area contributed by atoms with Gasteiger partial charge in [-0.05, 0) is 19.4 Å². The Morgan fingerprint density at radius 3 is 2.35 bits per heavy atom. The Balaban J connectivity index is 1.88. The number of hydrogen-bond acceptors (Lipinski definition) is 2. The maximum Gasteiger partial charge on any atom is 0.124 e. The average molecular weight is 239 g/mol. The highest BCUT2D eigenvalue weighted by molar-refractivity contribution is 5.55. The van der Waals surface area contributed by atoms with Crippen LogP contribution in [0.2, 0.25) is 0 Å². The minimum Gasteiger partial charge on any atom is -0.313 e. The number of nitrogens with one attached hydrogen (secondary N) is 1. The molecule has 0 bridgehead atoms. The first-order valence-electron chi connectivity index (χ1n) is 7.57. The molecule has 1 N–H and O–H groups in total. The minimum absolute atomic E-state index is 0.291. The van der Waals surface area contributed by atoms with Crippen molar-refractivity contribution in [3.8, 4) is 0 Å². The minimum atomic E-state index is 0.291. The molecule has 1 rings (SSSR count). The van der Waals surface area contributed by atoms with Gasteiger partial charge in [-0.3, -0.25) is 0 Å². The van der Waals surface area contributed by atoms with Crippen molar-refractivity contribution >= 4 is 6.29 Å². The molecule has 0 amide bonds. The van der Waals surface area contributed by atoms with Crippen LogP contribution in [-0.2, 0) is 4.79 Å². The smallest absolute Gasteiger partial charge is 0.124 e. The van der Waals surface area contributed by atoms with Crippen molar-refractivity contribution in [2.45, 2.75) is 77.2 Å². The Bertz CT molecular complexity index is 193. The molecule has 2 heteroatoms. The molecule has 0 radical (unpaired) electrons. The van der Waals surface area contributed by atoms with Crippen LogP contribution < -0.4 is 5.32 Å². The van der Waals surface area contributed by atoms with Crippen LogP contribution in [0.15, 0.2) is 0 Å². The van der Waals surface area contributed by atoms with Gasteiger partial charge in [-0.25, -0.2) is 0 Å². The zero-order valence-corrected chi connectivity index (χ0v) is 11.4. The van der Waals surface area contributed by atoms with E-state index >= 15 is 0 Å². The Hall–Kier alpha value is -0.370. The molecule has 1 heterocycles. The predicted octanol–water partition coefficient (Wildman–Crippen LogP) is 3.69. The second kappa shape index (κ2) is 9.64. The van der Waals surface area contributed by atoms with E-state index in [2.05, 4.69) is 12.2 Å². The summed E-state index contributed by atoms with van der Waals surface area (Å²) in [6, 6.07) is 0.479. The quantitative estimate of drug-likeness (QED) is 0.465. The summed E-state index contributed by atoms with van der Waals surface area (Å²) in [4.78, 5) is 10.8. The molecule has 2 unspecified atom stereocenters. The lowest BCUT2D eigenvalue weighted by Gasteiger charge is -2.14. The van der Waals surface area contributed by atoms with Gasteiger partial charge in [-0.15, -0.1) is 0 Å². The first-order valence-corrected chi connectivity index (χ1v) is 7.57. The predicted molar refractivity (Wildman–Crippen MR) is 73.2 cm³/mol. The van der Waals surface area contributed by atoms with Gasteiger partial charge in [0.15, 0.2) is 0 Å². The van der Waals surface area contributed by atoms with Crippen molar-refractivity contribution in [1.29, 1.82) is 0 Å². The maximum atomic E-state index is 10.8. The normalized spacial score (nSPS) is 24.1. The van der Waals surface area contributed by atoms with Gasteiger partial charge in [0.2, 0.25) is 0 Å². The lowest BCUT2D eigenvalue weighted by atomic mass is 9.97. The van der Waals surface area contributed by atoms with Gasteiger partial charge in [-0.1, -0.05) is 58.3 Å². The van der Waals surface area contributed by atoms with Gasteiger partial charge in [0.25, 0.3) is 0 Å². The molecule has 0 aromatic carbocycles. The number of aldehydes is 1. The molecule has 1 aliphatic heterocycles. The summed E-state index contributed by atoms with van der Waals surface area (Å²) in [5.74, 6) is 0.291. The van der Waals surface area contributed by atoms with E-state index < -0.39 is 0 Å². The summed E-state index contributed by atoms with van der Waals surface area (Å²) in [6.45, 7) is 3.29. The molecule has 100 valence electrons. The topological polar surface area (TPSA) is 29.1 Å². The highest BCUT2D eigenvalue weighted by atomic mass is 16.1. The zero-order valence-electron chi connectivity index (χ0n) is 11.4. The van der Waals surface area contributed by atoms with Crippen LogP contribution in [0, 0.1) is 5.92 Å². The van der Waals surface area contributed by atoms with Crippen LogP contribution in [0.4, 0.5) is 0 Å². The Labute approximate surface area is 107 Å². The molecule has 17 heavy (non-hydrogen) atoms. The first-order chi connectivity index (χ1) is 8.38. The van der Waals surface area contributed by atoms with Gasteiger partial charge >= 0.3 is 0 Å². The molecular weight excluding hydrogens is 210 g/mol. The molecule has 0 aliphatic carbocycles. The fourth-order valence-electron chi connectivity index (χ4n) is 2.77. The molecule has 1 fully saturated rings. The number of rotatable bonds is 10. The lowest BCUT2D eigenvalue weighted by Crippen LogP contribution is -2.27. The van der Waals surface area contributed by atoms with Crippen LogP contribution >= 0.6 is 0 Å². The lowest BCUT2D eigenvalue weighted by molar-refractivity contribution is -0.111. The van der Waals surface area contributed by atoms with Gasteiger partial charge in [-0.2, -0.15) is 0 Å². The Kier molecular flexibility index (Phi) is 8.33. The van der Waals surface area contributed by atoms with Crippen molar-refractivity contribution in [2.75, 3.05) is 6.54 Å². The van der Waals surface area contributed by atoms with Crippen LogP contribution in [0.5, 0.6) is 0 Å². The fourth-order valence-corrected chi connectivity index (χ4v) is 2.77. The molecule has 0 spiro atoms. The van der Waals surface area contributed by atoms with Crippen LogP contribution in [-0.4, -0.2) is 18.9 Å². The van der Waals surface area contributed by atoms with Crippen molar-refractivity contribution in [3.63, 3.8) is 0 Å². The molecule has 1 saturated heterocycles. The van der Waals surface area contributed by atoms with Crippen LogP contribution in [0.3, 0.4) is 0 Å². The van der Waals surface area contributed by atoms with Crippen LogP contribution in [0.25, 0.3) is 0 Å². The van der Waals surface area contributed by atoms with Gasteiger partial charge < -0.3 is 10.1 Å². The van der Waals surface area contributed by atoms with Crippen molar-refractivity contribution in [2.24, 2.45) is 5.92 Å². The third-order valence-electron chi connectivity index (χ3n) is 3.94. The van der Waals surface area contributed by atoms with E-state index in [1.165, 1.54) is 57.8 Å². The van der Waals surface area contributed by atoms with Crippen LogP contribution in [0.1, 0.15) is 71.1 Å². The largest absolute Gasteiger partial charge is 0.313 e. The van der Waals surface area contributed by atoms with Gasteiger partial charge in [0.05, 0.1) is 0 Å². The monoisotopic (exact) mass is 239 g/mol. The summed E-state index contributed by atoms with van der Waals surface area (Å²) in [5, 5.41) is 3.45. The van der Waals surface area contributed by atoms with E-state index in [0.29, 0.717) is 12.0 Å². The zero-order chi connectivity index (χ0) is 12.3. The maximum absolute atomic E-state index is 10.8. The van der Waals surface area contributed by atoms with E-state index in [1.54, 1.807) is 0 Å². The fraction of sp³-hybridized carbons (Fsp3) is 0.933. The van der Waals surface area contributed by atoms with E-state index in [9.17, 15) is 4.79 Å². The highest BCUT2D eigenvalue weighted by Gasteiger charge is 2.25. The van der Waals surface area contributed by atoms with E-state index in [-0.39, 0.29) is 0 Å². The molecule has 0 saturated carbocycles. The second-order valence-corrected chi connectivity index (χ2v) is 5.41.